The normalized spacial score (nSPS) is 13.7. The molecule has 0 heterocycles. The molecule has 0 saturated heterocycles. The minimum atomic E-state index is -0.546. The Labute approximate surface area is 154 Å². The summed E-state index contributed by atoms with van der Waals surface area (Å²) < 4.78 is 7.95. The van der Waals surface area contributed by atoms with Gasteiger partial charge in [-0.1, -0.05) is 0 Å². The maximum Gasteiger partial charge on any atom is -0.269 e. The second kappa shape index (κ2) is 8.44. The summed E-state index contributed by atoms with van der Waals surface area (Å²) in [6.45, 7) is 15.8. The summed E-state index contributed by atoms with van der Waals surface area (Å²) in [5.41, 5.74) is 4.19. The molecule has 0 spiro atoms. The van der Waals surface area contributed by atoms with Gasteiger partial charge in [-0.2, -0.15) is 0 Å². The molecule has 134 valence electrons. The molecule has 0 aromatic heterocycles. The van der Waals surface area contributed by atoms with Crippen molar-refractivity contribution in [3.63, 3.8) is 0 Å². The first-order chi connectivity index (χ1) is 10.1. The fourth-order valence-corrected chi connectivity index (χ4v) is 3.92. The number of halogens is 2. The van der Waals surface area contributed by atoms with Crippen molar-refractivity contribution in [1.82, 2.24) is 0 Å². The van der Waals surface area contributed by atoms with Crippen LogP contribution in [-0.2, 0) is 30.4 Å². The monoisotopic (exact) mass is 372 g/mol. The van der Waals surface area contributed by atoms with E-state index in [1.807, 2.05) is 0 Å². The average Bonchev–Trinajstić information content (AvgIpc) is 2.87. The molecule has 0 aliphatic heterocycles. The van der Waals surface area contributed by atoms with Gasteiger partial charge < -0.3 is 0 Å². The molecule has 4 heteroatoms. The van der Waals surface area contributed by atoms with Crippen LogP contribution in [0.25, 0.3) is 0 Å². The van der Waals surface area contributed by atoms with Gasteiger partial charge >= 0.3 is 145 Å². The zero-order valence-electron chi connectivity index (χ0n) is 15.8. The van der Waals surface area contributed by atoms with E-state index in [4.69, 9.17) is 3.32 Å². The standard InChI is InChI=1S/C15H24O.C5H5.2FH.Ti/c1-10-8-11(14(2,3)4)13(16)12(9-10)15(5,6)7;1-2-4-5-3-1;;;/h8-9,16H,1-7H3;1-3H,4H2;2*1H;/q;;;;+1/p-1. The van der Waals surface area contributed by atoms with E-state index < -0.39 is 19.5 Å². The van der Waals surface area contributed by atoms with Crippen molar-refractivity contribution in [2.45, 2.75) is 65.7 Å². The van der Waals surface area contributed by atoms with Gasteiger partial charge in [-0.25, -0.2) is 0 Å². The van der Waals surface area contributed by atoms with Crippen LogP contribution >= 0.6 is 0 Å². The van der Waals surface area contributed by atoms with Crippen molar-refractivity contribution in [1.29, 1.82) is 0 Å². The Hall–Kier alpha value is -0.926. The second-order valence-corrected chi connectivity index (χ2v) is 9.86. The topological polar surface area (TPSA) is 9.23 Å². The van der Waals surface area contributed by atoms with E-state index in [-0.39, 0.29) is 20.2 Å². The zero-order chi connectivity index (χ0) is 16.5. The molecule has 1 nitrogen and oxygen atoms in total. The number of allylic oxidation sites excluding steroid dienone is 4. The largest absolute Gasteiger partial charge is 0.269 e. The van der Waals surface area contributed by atoms with E-state index in [9.17, 15) is 0 Å². The Balaban J connectivity index is 0.00000264. The van der Waals surface area contributed by atoms with E-state index in [2.05, 4.69) is 78.8 Å². The number of benzene rings is 1. The molecule has 0 unspecified atom stereocenters. The molecule has 24 heavy (non-hydrogen) atoms. The summed E-state index contributed by atoms with van der Waals surface area (Å²) >= 11 is -0.546. The Morgan fingerprint density at radius 3 is 1.79 bits per heavy atom. The quantitative estimate of drug-likeness (QED) is 0.581. The van der Waals surface area contributed by atoms with Crippen molar-refractivity contribution in [3.8, 4) is 5.75 Å². The molecular formula is C20H30F2OTi. The number of rotatable bonds is 3. The third-order valence-electron chi connectivity index (χ3n) is 3.90. The van der Waals surface area contributed by atoms with Crippen LogP contribution in [0.15, 0.2) is 34.2 Å². The van der Waals surface area contributed by atoms with Crippen LogP contribution in [0, 0.1) is 6.92 Å². The van der Waals surface area contributed by atoms with Gasteiger partial charge in [-0.3, -0.25) is 9.41 Å². The summed E-state index contributed by atoms with van der Waals surface area (Å²) in [6.07, 6.45) is 7.66. The molecule has 1 aliphatic rings. The van der Waals surface area contributed by atoms with Crippen molar-refractivity contribution in [2.75, 3.05) is 0 Å². The Kier molecular flexibility index (Phi) is 8.12. The number of hydrogen-bond acceptors (Lipinski definition) is 1. The smallest absolute Gasteiger partial charge is 0.269 e. The van der Waals surface area contributed by atoms with Crippen molar-refractivity contribution in [3.05, 3.63) is 50.9 Å². The predicted molar refractivity (Wildman–Crippen MR) is 96.1 cm³/mol. The summed E-state index contributed by atoms with van der Waals surface area (Å²) in [6, 6.07) is 4.61. The Morgan fingerprint density at radius 2 is 1.42 bits per heavy atom. The van der Waals surface area contributed by atoms with Crippen molar-refractivity contribution in [2.24, 2.45) is 0 Å². The van der Waals surface area contributed by atoms with Crippen LogP contribution in [0.3, 0.4) is 0 Å². The second-order valence-electron chi connectivity index (χ2n) is 8.22. The maximum absolute atomic E-state index is 6.48. The molecule has 0 amide bonds. The maximum atomic E-state index is 6.48. The predicted octanol–water partition coefficient (Wildman–Crippen LogP) is 6.12. The molecule has 0 N–H and O–H groups in total. The van der Waals surface area contributed by atoms with Crippen LogP contribution in [0.1, 0.15) is 64.7 Å². The molecule has 0 saturated carbocycles. The van der Waals surface area contributed by atoms with E-state index >= 15 is 0 Å². The van der Waals surface area contributed by atoms with E-state index in [1.54, 1.807) is 0 Å². The molecule has 1 aromatic carbocycles. The van der Waals surface area contributed by atoms with Gasteiger partial charge in [0.25, 0.3) is 0 Å². The van der Waals surface area contributed by atoms with E-state index in [0.717, 1.165) is 12.2 Å². The van der Waals surface area contributed by atoms with Crippen LogP contribution in [0.4, 0.5) is 9.41 Å². The summed E-state index contributed by atoms with van der Waals surface area (Å²) in [5.74, 6) is 1.14. The average molecular weight is 372 g/mol. The van der Waals surface area contributed by atoms with Gasteiger partial charge in [0.05, 0.1) is 0 Å². The molecule has 0 radical (unpaired) electrons. The Morgan fingerprint density at radius 1 is 0.917 bits per heavy atom. The molecule has 0 fully saturated rings. The molecule has 1 aromatic rings. The van der Waals surface area contributed by atoms with Crippen molar-refractivity contribution < 1.29 is 32.3 Å². The third-order valence-corrected chi connectivity index (χ3v) is 5.37. The first kappa shape index (κ1) is 23.1. The van der Waals surface area contributed by atoms with E-state index in [1.165, 1.54) is 20.6 Å². The van der Waals surface area contributed by atoms with E-state index in [0.29, 0.717) is 0 Å². The first-order valence-corrected chi connectivity index (χ1v) is 9.45. The number of hydrogen-bond donors (Lipinski definition) is 0. The van der Waals surface area contributed by atoms with Crippen molar-refractivity contribution >= 4 is 0 Å². The minimum absolute atomic E-state index is 0. The third kappa shape index (κ3) is 5.56. The van der Waals surface area contributed by atoms with Gasteiger partial charge in [0.2, 0.25) is 0 Å². The van der Waals surface area contributed by atoms with Gasteiger partial charge in [0.15, 0.2) is 0 Å². The Bertz CT molecular complexity index is 585. The van der Waals surface area contributed by atoms with Gasteiger partial charge in [-0.05, 0) is 0 Å². The summed E-state index contributed by atoms with van der Waals surface area (Å²) in [5, 5.41) is 0. The van der Waals surface area contributed by atoms with Gasteiger partial charge in [0, 0.05) is 0 Å². The van der Waals surface area contributed by atoms with Crippen LogP contribution < -0.4 is 3.32 Å². The first-order valence-electron chi connectivity index (χ1n) is 8.03. The fourth-order valence-electron chi connectivity index (χ4n) is 2.64. The molecule has 2 rings (SSSR count). The summed E-state index contributed by atoms with van der Waals surface area (Å²) in [4.78, 5) is 0. The number of aryl methyl sites for hydroxylation is 1. The molecule has 0 bridgehead atoms. The molecule has 1 aliphatic carbocycles. The van der Waals surface area contributed by atoms with Gasteiger partial charge in [0.1, 0.15) is 0 Å². The van der Waals surface area contributed by atoms with Gasteiger partial charge in [-0.15, -0.1) is 0 Å². The fraction of sp³-hybridized carbons (Fsp3) is 0.500. The molecule has 0 atom stereocenters. The minimum Gasteiger partial charge on any atom is -0.269 e. The zero-order valence-corrected chi connectivity index (χ0v) is 17.4. The summed E-state index contributed by atoms with van der Waals surface area (Å²) in [7, 11) is 0. The SMILES string of the molecule is Cc1cc(C(C)(C)C)c([O][Ti][C]2=CC=CC2)c(C(C)(C)C)c1.F.F. The van der Waals surface area contributed by atoms with Crippen LogP contribution in [0.5, 0.6) is 5.75 Å². The van der Waals surface area contributed by atoms with Crippen LogP contribution in [-0.4, -0.2) is 0 Å². The van der Waals surface area contributed by atoms with Crippen LogP contribution in [0.2, 0.25) is 0 Å². The molecular weight excluding hydrogens is 342 g/mol.